The lowest BCUT2D eigenvalue weighted by atomic mass is 9.81. The van der Waals surface area contributed by atoms with Crippen LogP contribution in [0.2, 0.25) is 0 Å². The summed E-state index contributed by atoms with van der Waals surface area (Å²) in [5, 5.41) is 2.32. The van der Waals surface area contributed by atoms with Gasteiger partial charge >= 0.3 is 0 Å². The van der Waals surface area contributed by atoms with Crippen LogP contribution in [0.25, 0.3) is 72.7 Å². The van der Waals surface area contributed by atoms with E-state index in [0.29, 0.717) is 17.6 Å². The van der Waals surface area contributed by atoms with Crippen molar-refractivity contribution in [2.75, 3.05) is 0 Å². The molecule has 0 amide bonds. The standard InChI is InChI=1S/C38H26N6/c1-38(2)28-19-20-29-33(40-22-21-39-29)31(28)27-18-17-26-25-15-9-10-16-30(25)44(34(26)32(27)38)37-42-35(23-11-5-3-6-12-23)41-36(43-37)24-13-7-4-8-14-24/h3-22H,1-2H3. The second-order valence-electron chi connectivity index (χ2n) is 11.8. The number of aromatic nitrogens is 6. The largest absolute Gasteiger partial charge is 0.277 e. The number of hydrogen-bond acceptors (Lipinski definition) is 5. The third-order valence-corrected chi connectivity index (χ3v) is 8.93. The summed E-state index contributed by atoms with van der Waals surface area (Å²) in [5.41, 5.74) is 10.4. The lowest BCUT2D eigenvalue weighted by Gasteiger charge is -2.23. The number of fused-ring (bicyclic) bond motifs is 9. The van der Waals surface area contributed by atoms with Crippen LogP contribution < -0.4 is 0 Å². The summed E-state index contributed by atoms with van der Waals surface area (Å²) >= 11 is 0. The van der Waals surface area contributed by atoms with Gasteiger partial charge in [0.25, 0.3) is 0 Å². The maximum absolute atomic E-state index is 5.16. The maximum Gasteiger partial charge on any atom is 0.238 e. The normalized spacial score (nSPS) is 13.4. The van der Waals surface area contributed by atoms with Crippen molar-refractivity contribution < 1.29 is 0 Å². The SMILES string of the molecule is CC1(C)c2ccc3nccnc3c2-c2ccc3c4ccccc4n(-c4nc(-c5ccccc5)nc(-c5ccccc5)n4)c3c21. The van der Waals surface area contributed by atoms with Crippen molar-refractivity contribution in [3.8, 4) is 39.9 Å². The molecule has 0 saturated carbocycles. The van der Waals surface area contributed by atoms with Crippen molar-refractivity contribution in [1.82, 2.24) is 29.5 Å². The van der Waals surface area contributed by atoms with Gasteiger partial charge in [-0.15, -0.1) is 0 Å². The van der Waals surface area contributed by atoms with Crippen LogP contribution >= 0.6 is 0 Å². The number of para-hydroxylation sites is 1. The second-order valence-corrected chi connectivity index (χ2v) is 11.8. The predicted molar refractivity (Wildman–Crippen MR) is 176 cm³/mol. The summed E-state index contributed by atoms with van der Waals surface area (Å²) in [6, 6.07) is 37.6. The molecule has 208 valence electrons. The van der Waals surface area contributed by atoms with Crippen LogP contribution in [0.4, 0.5) is 0 Å². The number of benzene rings is 5. The van der Waals surface area contributed by atoms with E-state index in [1.165, 1.54) is 22.1 Å². The van der Waals surface area contributed by atoms with Crippen LogP contribution in [0.15, 0.2) is 122 Å². The van der Waals surface area contributed by atoms with Crippen LogP contribution in [0, 0.1) is 0 Å². The molecule has 9 rings (SSSR count). The fraction of sp³-hybridized carbons (Fsp3) is 0.0789. The molecule has 44 heavy (non-hydrogen) atoms. The fourth-order valence-corrected chi connectivity index (χ4v) is 6.97. The van der Waals surface area contributed by atoms with E-state index in [-0.39, 0.29) is 5.41 Å². The highest BCUT2D eigenvalue weighted by molar-refractivity contribution is 6.14. The van der Waals surface area contributed by atoms with E-state index in [4.69, 9.17) is 19.9 Å². The Balaban J connectivity index is 1.42. The van der Waals surface area contributed by atoms with E-state index in [1.54, 1.807) is 12.4 Å². The number of nitrogens with zero attached hydrogens (tertiary/aromatic N) is 6. The second kappa shape index (κ2) is 9.12. The average Bonchev–Trinajstić information content (AvgIpc) is 3.54. The smallest absolute Gasteiger partial charge is 0.238 e. The molecule has 6 heteroatoms. The summed E-state index contributed by atoms with van der Waals surface area (Å²) in [5.74, 6) is 1.86. The van der Waals surface area contributed by atoms with Gasteiger partial charge in [0.05, 0.1) is 22.1 Å². The lowest BCUT2D eigenvalue weighted by Crippen LogP contribution is -2.17. The molecule has 8 aromatic rings. The molecule has 3 heterocycles. The van der Waals surface area contributed by atoms with E-state index in [0.717, 1.165) is 44.1 Å². The van der Waals surface area contributed by atoms with Gasteiger partial charge in [-0.3, -0.25) is 14.5 Å². The van der Waals surface area contributed by atoms with E-state index in [1.807, 2.05) is 60.7 Å². The van der Waals surface area contributed by atoms with Gasteiger partial charge < -0.3 is 0 Å². The van der Waals surface area contributed by atoms with Crippen molar-refractivity contribution >= 4 is 32.8 Å². The molecule has 0 bridgehead atoms. The quantitative estimate of drug-likeness (QED) is 0.214. The Labute approximate surface area is 253 Å². The van der Waals surface area contributed by atoms with Crippen LogP contribution in [-0.4, -0.2) is 29.5 Å². The van der Waals surface area contributed by atoms with E-state index < -0.39 is 0 Å². The van der Waals surface area contributed by atoms with Gasteiger partial charge in [0.1, 0.15) is 0 Å². The summed E-state index contributed by atoms with van der Waals surface area (Å²) in [4.78, 5) is 24.7. The maximum atomic E-state index is 5.16. The lowest BCUT2D eigenvalue weighted by molar-refractivity contribution is 0.663. The zero-order chi connectivity index (χ0) is 29.4. The van der Waals surface area contributed by atoms with Crippen LogP contribution in [0.3, 0.4) is 0 Å². The molecule has 0 atom stereocenters. The fourth-order valence-electron chi connectivity index (χ4n) is 6.97. The van der Waals surface area contributed by atoms with Crippen LogP contribution in [0.1, 0.15) is 25.0 Å². The Bertz CT molecular complexity index is 2350. The summed E-state index contributed by atoms with van der Waals surface area (Å²) in [7, 11) is 0. The van der Waals surface area contributed by atoms with Crippen LogP contribution in [-0.2, 0) is 5.41 Å². The molecule has 0 N–H and O–H groups in total. The monoisotopic (exact) mass is 566 g/mol. The molecule has 0 spiro atoms. The van der Waals surface area contributed by atoms with Crippen molar-refractivity contribution in [3.63, 3.8) is 0 Å². The van der Waals surface area contributed by atoms with E-state index in [9.17, 15) is 0 Å². The Hall–Kier alpha value is -5.75. The Morgan fingerprint density at radius 2 is 1.25 bits per heavy atom. The molecule has 0 saturated heterocycles. The highest BCUT2D eigenvalue weighted by Crippen LogP contribution is 2.54. The highest BCUT2D eigenvalue weighted by Gasteiger charge is 2.40. The molecular weight excluding hydrogens is 540 g/mol. The minimum absolute atomic E-state index is 0.306. The molecule has 1 aliphatic carbocycles. The molecule has 0 radical (unpaired) electrons. The van der Waals surface area contributed by atoms with Gasteiger partial charge in [-0.2, -0.15) is 9.97 Å². The summed E-state index contributed by atoms with van der Waals surface area (Å²) < 4.78 is 2.24. The van der Waals surface area contributed by atoms with E-state index in [2.05, 4.69) is 71.9 Å². The molecular formula is C38H26N6. The van der Waals surface area contributed by atoms with Gasteiger partial charge in [-0.1, -0.05) is 111 Å². The Kier molecular flexibility index (Phi) is 5.14. The summed E-state index contributed by atoms with van der Waals surface area (Å²) in [6.07, 6.45) is 3.54. The third-order valence-electron chi connectivity index (χ3n) is 8.93. The minimum Gasteiger partial charge on any atom is -0.277 e. The molecule has 1 aliphatic rings. The molecule has 3 aromatic heterocycles. The van der Waals surface area contributed by atoms with Crippen molar-refractivity contribution in [1.29, 1.82) is 0 Å². The first-order valence-corrected chi connectivity index (χ1v) is 14.8. The van der Waals surface area contributed by atoms with E-state index >= 15 is 0 Å². The number of rotatable bonds is 3. The van der Waals surface area contributed by atoms with Gasteiger partial charge in [0.15, 0.2) is 11.6 Å². The van der Waals surface area contributed by atoms with Crippen molar-refractivity contribution in [2.45, 2.75) is 19.3 Å². The van der Waals surface area contributed by atoms with Gasteiger partial charge in [0, 0.05) is 45.3 Å². The summed E-state index contributed by atoms with van der Waals surface area (Å²) in [6.45, 7) is 4.61. The predicted octanol–water partition coefficient (Wildman–Crippen LogP) is 8.55. The average molecular weight is 567 g/mol. The third kappa shape index (κ3) is 3.45. The first-order valence-electron chi connectivity index (χ1n) is 14.8. The molecule has 0 aliphatic heterocycles. The first kappa shape index (κ1) is 24.8. The van der Waals surface area contributed by atoms with Gasteiger partial charge in [-0.05, 0) is 28.8 Å². The molecule has 0 unspecified atom stereocenters. The zero-order valence-corrected chi connectivity index (χ0v) is 24.2. The van der Waals surface area contributed by atoms with Gasteiger partial charge in [0.2, 0.25) is 5.95 Å². The van der Waals surface area contributed by atoms with Crippen molar-refractivity contribution in [2.24, 2.45) is 0 Å². The molecule has 5 aromatic carbocycles. The Morgan fingerprint density at radius 3 is 1.98 bits per heavy atom. The zero-order valence-electron chi connectivity index (χ0n) is 24.2. The minimum atomic E-state index is -0.306. The van der Waals surface area contributed by atoms with Crippen LogP contribution in [0.5, 0.6) is 0 Å². The number of hydrogen-bond donors (Lipinski definition) is 0. The van der Waals surface area contributed by atoms with Crippen molar-refractivity contribution in [3.05, 3.63) is 133 Å². The first-order chi connectivity index (χ1) is 21.6. The topological polar surface area (TPSA) is 69.4 Å². The Morgan fingerprint density at radius 1 is 0.591 bits per heavy atom. The molecule has 0 fully saturated rings. The molecule has 6 nitrogen and oxygen atoms in total. The van der Waals surface area contributed by atoms with Gasteiger partial charge in [-0.25, -0.2) is 4.98 Å². The highest BCUT2D eigenvalue weighted by atomic mass is 15.2.